The summed E-state index contributed by atoms with van der Waals surface area (Å²) in [5.74, 6) is -0.616. The van der Waals surface area contributed by atoms with Crippen molar-refractivity contribution >= 4 is 39.9 Å². The van der Waals surface area contributed by atoms with E-state index >= 15 is 0 Å². The first kappa shape index (κ1) is 19.8. The number of amides is 2. The second-order valence-corrected chi connectivity index (χ2v) is 8.99. The van der Waals surface area contributed by atoms with Gasteiger partial charge in [-0.05, 0) is 57.6 Å². The Labute approximate surface area is 167 Å². The van der Waals surface area contributed by atoms with E-state index in [-0.39, 0.29) is 11.2 Å². The molecule has 2 aromatic heterocycles. The zero-order valence-corrected chi connectivity index (χ0v) is 17.4. The lowest BCUT2D eigenvalue weighted by atomic mass is 9.95. The predicted molar refractivity (Wildman–Crippen MR) is 110 cm³/mol. The maximum absolute atomic E-state index is 12.9. The molecule has 0 bridgehead atoms. The Hall–Kier alpha value is -1.93. The molecule has 0 aromatic carbocycles. The number of anilines is 1. The molecule has 0 aliphatic heterocycles. The second-order valence-electron chi connectivity index (χ2n) is 6.72. The standard InChI is InChI=1S/C19H24N4O2S2/c1-4-13(27-19-21-10(2)9-11(3)22-19)17(25)23-18-15(16(20)24)12-7-5-6-8-14(12)26-18/h9,13H,4-8H2,1-3H3,(H2,20,24)(H,23,25)/t13-/m0/s1. The Bertz CT molecular complexity index is 859. The minimum atomic E-state index is -0.469. The van der Waals surface area contributed by atoms with Crippen LogP contribution in [0.2, 0.25) is 0 Å². The molecule has 0 spiro atoms. The van der Waals surface area contributed by atoms with Crippen LogP contribution in [0.1, 0.15) is 58.4 Å². The summed E-state index contributed by atoms with van der Waals surface area (Å²) >= 11 is 2.83. The maximum Gasteiger partial charge on any atom is 0.251 e. The summed E-state index contributed by atoms with van der Waals surface area (Å²) in [6, 6.07) is 1.90. The number of rotatable bonds is 6. The van der Waals surface area contributed by atoms with Gasteiger partial charge in [-0.2, -0.15) is 0 Å². The van der Waals surface area contributed by atoms with Crippen LogP contribution in [-0.4, -0.2) is 27.0 Å². The Kier molecular flexibility index (Phi) is 6.16. The third-order valence-corrected chi connectivity index (χ3v) is 6.96. The van der Waals surface area contributed by atoms with E-state index in [2.05, 4.69) is 15.3 Å². The summed E-state index contributed by atoms with van der Waals surface area (Å²) in [4.78, 5) is 34.9. The molecule has 0 saturated carbocycles. The van der Waals surface area contributed by atoms with Crippen LogP contribution in [0.3, 0.4) is 0 Å². The number of hydrogen-bond acceptors (Lipinski definition) is 6. The average Bonchev–Trinajstić information content (AvgIpc) is 2.96. The molecule has 0 radical (unpaired) electrons. The van der Waals surface area contributed by atoms with E-state index < -0.39 is 5.91 Å². The van der Waals surface area contributed by atoms with Crippen molar-refractivity contribution in [1.29, 1.82) is 0 Å². The molecule has 144 valence electrons. The predicted octanol–water partition coefficient (Wildman–Crippen LogP) is 3.64. The minimum absolute atomic E-state index is 0.147. The van der Waals surface area contributed by atoms with Gasteiger partial charge in [-0.1, -0.05) is 18.7 Å². The van der Waals surface area contributed by atoms with Crippen LogP contribution in [0.4, 0.5) is 5.00 Å². The second kappa shape index (κ2) is 8.39. The van der Waals surface area contributed by atoms with Crippen LogP contribution >= 0.6 is 23.1 Å². The van der Waals surface area contributed by atoms with Crippen molar-refractivity contribution in [3.8, 4) is 0 Å². The molecule has 0 unspecified atom stereocenters. The molecule has 0 fully saturated rings. The smallest absolute Gasteiger partial charge is 0.251 e. The number of nitrogens with one attached hydrogen (secondary N) is 1. The highest BCUT2D eigenvalue weighted by Gasteiger charge is 2.27. The van der Waals surface area contributed by atoms with Gasteiger partial charge in [0.05, 0.1) is 10.8 Å². The van der Waals surface area contributed by atoms with Crippen molar-refractivity contribution in [2.45, 2.75) is 63.3 Å². The Morgan fingerprint density at radius 1 is 1.26 bits per heavy atom. The van der Waals surface area contributed by atoms with Gasteiger partial charge in [-0.15, -0.1) is 11.3 Å². The summed E-state index contributed by atoms with van der Waals surface area (Å²) in [6.45, 7) is 5.78. The molecule has 27 heavy (non-hydrogen) atoms. The van der Waals surface area contributed by atoms with Gasteiger partial charge >= 0.3 is 0 Å². The Morgan fingerprint density at radius 3 is 2.56 bits per heavy atom. The number of carbonyl (C=O) groups is 2. The highest BCUT2D eigenvalue weighted by Crippen LogP contribution is 2.38. The van der Waals surface area contributed by atoms with Gasteiger partial charge in [0.2, 0.25) is 5.91 Å². The number of thiophene rings is 1. The quantitative estimate of drug-likeness (QED) is 0.566. The fourth-order valence-corrected chi connectivity index (χ4v) is 5.58. The van der Waals surface area contributed by atoms with E-state index in [0.717, 1.165) is 42.6 Å². The van der Waals surface area contributed by atoms with Crippen molar-refractivity contribution in [3.63, 3.8) is 0 Å². The molecule has 1 aliphatic carbocycles. The van der Waals surface area contributed by atoms with Gasteiger partial charge in [0.1, 0.15) is 5.00 Å². The molecule has 1 atom stereocenters. The fourth-order valence-electron chi connectivity index (χ4n) is 3.30. The summed E-state index contributed by atoms with van der Waals surface area (Å²) < 4.78 is 0. The van der Waals surface area contributed by atoms with E-state index in [4.69, 9.17) is 5.73 Å². The maximum atomic E-state index is 12.9. The Morgan fingerprint density at radius 2 is 1.93 bits per heavy atom. The SMILES string of the molecule is CC[C@H](Sc1nc(C)cc(C)n1)C(=O)Nc1sc2c(c1C(N)=O)CCCC2. The zero-order chi connectivity index (χ0) is 19.6. The summed E-state index contributed by atoms with van der Waals surface area (Å²) in [6.07, 6.45) is 4.58. The van der Waals surface area contributed by atoms with Crippen molar-refractivity contribution in [2.24, 2.45) is 5.73 Å². The number of carbonyl (C=O) groups excluding carboxylic acids is 2. The molecule has 3 N–H and O–H groups in total. The number of hydrogen-bond donors (Lipinski definition) is 2. The first-order valence-electron chi connectivity index (χ1n) is 9.13. The molecule has 8 heteroatoms. The molecule has 0 saturated heterocycles. The Balaban J connectivity index is 1.81. The number of nitrogens with two attached hydrogens (primary N) is 1. The van der Waals surface area contributed by atoms with Gasteiger partial charge in [0.15, 0.2) is 5.16 Å². The van der Waals surface area contributed by atoms with Crippen LogP contribution in [-0.2, 0) is 17.6 Å². The lowest BCUT2D eigenvalue weighted by Crippen LogP contribution is -2.26. The topological polar surface area (TPSA) is 98.0 Å². The zero-order valence-electron chi connectivity index (χ0n) is 15.8. The highest BCUT2D eigenvalue weighted by atomic mass is 32.2. The number of aryl methyl sites for hydroxylation is 3. The van der Waals surface area contributed by atoms with Crippen LogP contribution in [0.25, 0.3) is 0 Å². The molecule has 6 nitrogen and oxygen atoms in total. The molecule has 2 aromatic rings. The van der Waals surface area contributed by atoms with Crippen molar-refractivity contribution in [2.75, 3.05) is 5.32 Å². The lowest BCUT2D eigenvalue weighted by Gasteiger charge is -2.14. The fraction of sp³-hybridized carbons (Fsp3) is 0.474. The van der Waals surface area contributed by atoms with Gasteiger partial charge < -0.3 is 11.1 Å². The van der Waals surface area contributed by atoms with Crippen LogP contribution in [0.15, 0.2) is 11.2 Å². The number of thioether (sulfide) groups is 1. The van der Waals surface area contributed by atoms with Gasteiger partial charge in [-0.25, -0.2) is 9.97 Å². The third kappa shape index (κ3) is 4.50. The summed E-state index contributed by atoms with van der Waals surface area (Å²) in [7, 11) is 0. The highest BCUT2D eigenvalue weighted by molar-refractivity contribution is 8.00. The van der Waals surface area contributed by atoms with E-state index in [1.165, 1.54) is 28.0 Å². The lowest BCUT2D eigenvalue weighted by molar-refractivity contribution is -0.115. The molecule has 1 aliphatic rings. The average molecular weight is 405 g/mol. The molecular weight excluding hydrogens is 380 g/mol. The summed E-state index contributed by atoms with van der Waals surface area (Å²) in [5.41, 5.74) is 8.88. The van der Waals surface area contributed by atoms with E-state index in [1.807, 2.05) is 26.8 Å². The van der Waals surface area contributed by atoms with Gasteiger partial charge in [-0.3, -0.25) is 9.59 Å². The minimum Gasteiger partial charge on any atom is -0.365 e. The van der Waals surface area contributed by atoms with E-state index in [0.29, 0.717) is 22.1 Å². The van der Waals surface area contributed by atoms with Crippen LogP contribution < -0.4 is 11.1 Å². The number of fused-ring (bicyclic) bond motifs is 1. The molecular formula is C19H24N4O2S2. The largest absolute Gasteiger partial charge is 0.365 e. The van der Waals surface area contributed by atoms with Gasteiger partial charge in [0, 0.05) is 16.3 Å². The van der Waals surface area contributed by atoms with Crippen molar-refractivity contribution in [1.82, 2.24) is 9.97 Å². The normalized spacial score (nSPS) is 14.5. The van der Waals surface area contributed by atoms with Crippen LogP contribution in [0.5, 0.6) is 0 Å². The number of nitrogens with zero attached hydrogens (tertiary/aromatic N) is 2. The van der Waals surface area contributed by atoms with Crippen molar-refractivity contribution < 1.29 is 9.59 Å². The first-order valence-corrected chi connectivity index (χ1v) is 10.8. The monoisotopic (exact) mass is 404 g/mol. The first-order chi connectivity index (χ1) is 12.9. The van der Waals surface area contributed by atoms with E-state index in [1.54, 1.807) is 0 Å². The van der Waals surface area contributed by atoms with Gasteiger partial charge in [0.25, 0.3) is 5.91 Å². The third-order valence-electron chi connectivity index (χ3n) is 4.53. The molecule has 2 heterocycles. The van der Waals surface area contributed by atoms with E-state index in [9.17, 15) is 9.59 Å². The number of aromatic nitrogens is 2. The molecule has 3 rings (SSSR count). The molecule has 2 amide bonds. The number of primary amides is 1. The summed E-state index contributed by atoms with van der Waals surface area (Å²) in [5, 5.41) is 3.79. The van der Waals surface area contributed by atoms with Crippen LogP contribution in [0, 0.1) is 13.8 Å². The van der Waals surface area contributed by atoms with Crippen molar-refractivity contribution in [3.05, 3.63) is 33.5 Å².